The molecule has 0 atom stereocenters. The molecule has 2 N–H and O–H groups in total. The fourth-order valence-corrected chi connectivity index (χ4v) is 1.95. The van der Waals surface area contributed by atoms with Crippen LogP contribution in [0, 0.1) is 5.41 Å². The van der Waals surface area contributed by atoms with Crippen LogP contribution in [-0.2, 0) is 11.3 Å². The van der Waals surface area contributed by atoms with Gasteiger partial charge < -0.3 is 19.9 Å². The highest BCUT2D eigenvalue weighted by Crippen LogP contribution is 2.27. The monoisotopic (exact) mass is 281 g/mol. The van der Waals surface area contributed by atoms with E-state index in [1.54, 1.807) is 13.2 Å². The van der Waals surface area contributed by atoms with Gasteiger partial charge in [0.05, 0.1) is 6.61 Å². The Balaban J connectivity index is 2.47. The van der Waals surface area contributed by atoms with Gasteiger partial charge in [-0.25, -0.2) is 0 Å². The number of phenols is 1. The molecule has 0 saturated carbocycles. The number of methoxy groups -OCH3 is 1. The topological polar surface area (TPSA) is 50.7 Å². The number of benzene rings is 1. The van der Waals surface area contributed by atoms with Gasteiger partial charge in [-0.3, -0.25) is 0 Å². The summed E-state index contributed by atoms with van der Waals surface area (Å²) in [5.41, 5.74) is 1.31. The maximum absolute atomic E-state index is 9.66. The molecule has 0 aliphatic heterocycles. The minimum Gasteiger partial charge on any atom is -0.504 e. The largest absolute Gasteiger partial charge is 0.504 e. The molecule has 0 saturated heterocycles. The summed E-state index contributed by atoms with van der Waals surface area (Å²) in [6.45, 7) is 9.36. The molecule has 20 heavy (non-hydrogen) atoms. The Morgan fingerprint density at radius 3 is 2.70 bits per heavy atom. The molecular weight excluding hydrogens is 254 g/mol. The van der Waals surface area contributed by atoms with Crippen molar-refractivity contribution in [3.8, 4) is 11.5 Å². The van der Waals surface area contributed by atoms with Crippen LogP contribution in [0.4, 0.5) is 0 Å². The zero-order valence-electron chi connectivity index (χ0n) is 13.0. The summed E-state index contributed by atoms with van der Waals surface area (Å²) in [4.78, 5) is 0. The molecule has 0 unspecified atom stereocenters. The molecule has 1 aromatic rings. The van der Waals surface area contributed by atoms with E-state index in [2.05, 4.69) is 19.2 Å². The first kappa shape index (κ1) is 16.8. The average Bonchev–Trinajstić information content (AvgIpc) is 2.40. The van der Waals surface area contributed by atoms with E-state index in [9.17, 15) is 5.11 Å². The van der Waals surface area contributed by atoms with Crippen molar-refractivity contribution in [1.29, 1.82) is 0 Å². The minimum atomic E-state index is 0.191. The Morgan fingerprint density at radius 2 is 2.05 bits per heavy atom. The number of ether oxygens (including phenoxy) is 2. The number of rotatable bonds is 9. The minimum absolute atomic E-state index is 0.191. The molecule has 4 nitrogen and oxygen atoms in total. The molecule has 0 aliphatic carbocycles. The highest BCUT2D eigenvalue weighted by molar-refractivity contribution is 5.41. The fraction of sp³-hybridized carbons (Fsp3) is 0.625. The number of nitrogens with one attached hydrogen (secondary N) is 1. The first-order valence-electron chi connectivity index (χ1n) is 7.13. The number of aromatic hydroxyl groups is 1. The molecule has 0 radical (unpaired) electrons. The van der Waals surface area contributed by atoms with Gasteiger partial charge in [0.15, 0.2) is 11.5 Å². The molecule has 0 aromatic heterocycles. The van der Waals surface area contributed by atoms with Crippen LogP contribution in [0.3, 0.4) is 0 Å². The maximum atomic E-state index is 9.66. The third kappa shape index (κ3) is 5.80. The molecule has 0 aliphatic rings. The first-order valence-corrected chi connectivity index (χ1v) is 7.13. The first-order chi connectivity index (χ1) is 9.48. The Kier molecular flexibility index (Phi) is 6.82. The second-order valence-electron chi connectivity index (χ2n) is 5.75. The van der Waals surface area contributed by atoms with Gasteiger partial charge in [-0.1, -0.05) is 19.9 Å². The molecule has 1 rings (SSSR count). The average molecular weight is 281 g/mol. The van der Waals surface area contributed by atoms with Crippen molar-refractivity contribution in [2.24, 2.45) is 5.41 Å². The zero-order valence-corrected chi connectivity index (χ0v) is 13.0. The summed E-state index contributed by atoms with van der Waals surface area (Å²) in [6, 6.07) is 5.47. The standard InChI is InChI=1S/C16H27NO3/c1-5-20-15-10-13(6-7-14(15)18)11-17-12-16(2,3)8-9-19-4/h6-7,10,17-18H,5,8-9,11-12H2,1-4H3. The van der Waals surface area contributed by atoms with Gasteiger partial charge in [-0.2, -0.15) is 0 Å². The van der Waals surface area contributed by atoms with Crippen LogP contribution >= 0.6 is 0 Å². The molecule has 0 spiro atoms. The summed E-state index contributed by atoms with van der Waals surface area (Å²) in [6.07, 6.45) is 1.02. The molecular formula is C16H27NO3. The highest BCUT2D eigenvalue weighted by atomic mass is 16.5. The molecule has 0 bridgehead atoms. The lowest BCUT2D eigenvalue weighted by atomic mass is 9.89. The summed E-state index contributed by atoms with van der Waals surface area (Å²) >= 11 is 0. The predicted octanol–water partition coefficient (Wildman–Crippen LogP) is 2.94. The van der Waals surface area contributed by atoms with E-state index < -0.39 is 0 Å². The molecule has 0 amide bonds. The quantitative estimate of drug-likeness (QED) is 0.730. The van der Waals surface area contributed by atoms with E-state index in [4.69, 9.17) is 9.47 Å². The Labute approximate surface area is 122 Å². The van der Waals surface area contributed by atoms with Crippen LogP contribution in [0.2, 0.25) is 0 Å². The van der Waals surface area contributed by atoms with Crippen molar-refractivity contribution < 1.29 is 14.6 Å². The summed E-state index contributed by atoms with van der Waals surface area (Å²) in [5, 5.41) is 13.1. The second kappa shape index (κ2) is 8.12. The van der Waals surface area contributed by atoms with E-state index in [1.165, 1.54) is 0 Å². The van der Waals surface area contributed by atoms with Crippen molar-refractivity contribution in [2.75, 3.05) is 26.9 Å². The van der Waals surface area contributed by atoms with Crippen molar-refractivity contribution in [1.82, 2.24) is 5.32 Å². The molecule has 1 aromatic carbocycles. The Bertz CT molecular complexity index is 405. The van der Waals surface area contributed by atoms with Gasteiger partial charge in [0, 0.05) is 26.8 Å². The zero-order chi connectivity index (χ0) is 15.0. The van der Waals surface area contributed by atoms with Gasteiger partial charge in [0.2, 0.25) is 0 Å². The van der Waals surface area contributed by atoms with Crippen LogP contribution in [0.15, 0.2) is 18.2 Å². The smallest absolute Gasteiger partial charge is 0.161 e. The third-order valence-electron chi connectivity index (χ3n) is 3.24. The van der Waals surface area contributed by atoms with E-state index in [1.807, 2.05) is 19.1 Å². The Morgan fingerprint density at radius 1 is 1.30 bits per heavy atom. The van der Waals surface area contributed by atoms with Crippen LogP contribution in [-0.4, -0.2) is 32.0 Å². The predicted molar refractivity (Wildman–Crippen MR) is 81.3 cm³/mol. The Hall–Kier alpha value is -1.26. The van der Waals surface area contributed by atoms with E-state index in [0.29, 0.717) is 12.4 Å². The highest BCUT2D eigenvalue weighted by Gasteiger charge is 2.16. The molecule has 0 fully saturated rings. The lowest BCUT2D eigenvalue weighted by Crippen LogP contribution is -2.30. The summed E-state index contributed by atoms with van der Waals surface area (Å²) < 4.78 is 10.5. The number of phenolic OH excluding ortho intramolecular Hbond substituents is 1. The third-order valence-corrected chi connectivity index (χ3v) is 3.24. The normalized spacial score (nSPS) is 11.6. The van der Waals surface area contributed by atoms with Gasteiger partial charge in [-0.05, 0) is 36.5 Å². The van der Waals surface area contributed by atoms with Gasteiger partial charge in [0.1, 0.15) is 0 Å². The SMILES string of the molecule is CCOc1cc(CNCC(C)(C)CCOC)ccc1O. The van der Waals surface area contributed by atoms with Gasteiger partial charge >= 0.3 is 0 Å². The van der Waals surface area contributed by atoms with Crippen molar-refractivity contribution >= 4 is 0 Å². The van der Waals surface area contributed by atoms with Gasteiger partial charge in [0.25, 0.3) is 0 Å². The lowest BCUT2D eigenvalue weighted by molar-refractivity contribution is 0.150. The fourth-order valence-electron chi connectivity index (χ4n) is 1.95. The van der Waals surface area contributed by atoms with Gasteiger partial charge in [-0.15, -0.1) is 0 Å². The summed E-state index contributed by atoms with van der Waals surface area (Å²) in [5.74, 6) is 0.737. The van der Waals surface area contributed by atoms with Crippen molar-refractivity contribution in [2.45, 2.75) is 33.7 Å². The number of hydrogen-bond acceptors (Lipinski definition) is 4. The molecule has 114 valence electrons. The number of hydrogen-bond donors (Lipinski definition) is 2. The van der Waals surface area contributed by atoms with Crippen LogP contribution < -0.4 is 10.1 Å². The maximum Gasteiger partial charge on any atom is 0.161 e. The lowest BCUT2D eigenvalue weighted by Gasteiger charge is -2.24. The second-order valence-corrected chi connectivity index (χ2v) is 5.75. The van der Waals surface area contributed by atoms with Crippen LogP contribution in [0.25, 0.3) is 0 Å². The van der Waals surface area contributed by atoms with E-state index in [0.717, 1.165) is 31.7 Å². The molecule has 4 heteroatoms. The summed E-state index contributed by atoms with van der Waals surface area (Å²) in [7, 11) is 1.73. The van der Waals surface area contributed by atoms with E-state index in [-0.39, 0.29) is 11.2 Å². The van der Waals surface area contributed by atoms with Crippen LogP contribution in [0.1, 0.15) is 32.8 Å². The van der Waals surface area contributed by atoms with E-state index >= 15 is 0 Å². The van der Waals surface area contributed by atoms with Crippen molar-refractivity contribution in [3.05, 3.63) is 23.8 Å². The van der Waals surface area contributed by atoms with Crippen LogP contribution in [0.5, 0.6) is 11.5 Å². The van der Waals surface area contributed by atoms with Crippen molar-refractivity contribution in [3.63, 3.8) is 0 Å². The molecule has 0 heterocycles.